The summed E-state index contributed by atoms with van der Waals surface area (Å²) in [5.74, 6) is 0.600. The summed E-state index contributed by atoms with van der Waals surface area (Å²) in [6.45, 7) is 3.84. The molecule has 3 heteroatoms. The molecule has 0 saturated heterocycles. The summed E-state index contributed by atoms with van der Waals surface area (Å²) in [6, 6.07) is 15.0. The SMILES string of the molecule is CC(C)Oc1cccc(C=Nc2ccccc2)c1O. The lowest BCUT2D eigenvalue weighted by Crippen LogP contribution is -2.06. The van der Waals surface area contributed by atoms with E-state index in [-0.39, 0.29) is 11.9 Å². The van der Waals surface area contributed by atoms with Gasteiger partial charge in [0.2, 0.25) is 0 Å². The van der Waals surface area contributed by atoms with Gasteiger partial charge in [-0.25, -0.2) is 0 Å². The molecule has 2 aromatic carbocycles. The molecular weight excluding hydrogens is 238 g/mol. The number of phenols is 1. The van der Waals surface area contributed by atoms with E-state index in [1.54, 1.807) is 18.3 Å². The molecule has 2 aromatic rings. The van der Waals surface area contributed by atoms with Crippen LogP contribution in [0.2, 0.25) is 0 Å². The van der Waals surface area contributed by atoms with E-state index in [4.69, 9.17) is 4.74 Å². The summed E-state index contributed by atoms with van der Waals surface area (Å²) in [5.41, 5.74) is 1.49. The van der Waals surface area contributed by atoms with Gasteiger partial charge in [0.15, 0.2) is 11.5 Å². The van der Waals surface area contributed by atoms with Crippen LogP contribution in [0.5, 0.6) is 11.5 Å². The average Bonchev–Trinajstić information content (AvgIpc) is 2.40. The zero-order valence-corrected chi connectivity index (χ0v) is 11.1. The number of hydrogen-bond donors (Lipinski definition) is 1. The summed E-state index contributed by atoms with van der Waals surface area (Å²) < 4.78 is 5.53. The molecule has 0 saturated carbocycles. The number of hydrogen-bond acceptors (Lipinski definition) is 3. The second kappa shape index (κ2) is 6.05. The van der Waals surface area contributed by atoms with Gasteiger partial charge >= 0.3 is 0 Å². The number of phenolic OH excluding ortho intramolecular Hbond substituents is 1. The number of ether oxygens (including phenoxy) is 1. The van der Waals surface area contributed by atoms with Crippen LogP contribution in [0, 0.1) is 0 Å². The molecule has 0 bridgehead atoms. The first-order chi connectivity index (χ1) is 9.16. The van der Waals surface area contributed by atoms with Gasteiger partial charge in [-0.1, -0.05) is 24.3 Å². The first kappa shape index (κ1) is 13.1. The highest BCUT2D eigenvalue weighted by Gasteiger charge is 2.07. The first-order valence-corrected chi connectivity index (χ1v) is 6.24. The Morgan fingerprint density at radius 1 is 1.05 bits per heavy atom. The molecule has 19 heavy (non-hydrogen) atoms. The van der Waals surface area contributed by atoms with Crippen LogP contribution in [0.3, 0.4) is 0 Å². The quantitative estimate of drug-likeness (QED) is 0.841. The highest BCUT2D eigenvalue weighted by atomic mass is 16.5. The van der Waals surface area contributed by atoms with Crippen LogP contribution < -0.4 is 4.74 Å². The van der Waals surface area contributed by atoms with Crippen molar-refractivity contribution in [1.82, 2.24) is 0 Å². The van der Waals surface area contributed by atoms with Crippen molar-refractivity contribution in [3.8, 4) is 11.5 Å². The fourth-order valence-electron chi connectivity index (χ4n) is 1.65. The Morgan fingerprint density at radius 2 is 1.79 bits per heavy atom. The number of para-hydroxylation sites is 2. The average molecular weight is 255 g/mol. The topological polar surface area (TPSA) is 41.8 Å². The van der Waals surface area contributed by atoms with Crippen molar-refractivity contribution in [2.45, 2.75) is 20.0 Å². The van der Waals surface area contributed by atoms with Crippen molar-refractivity contribution in [1.29, 1.82) is 0 Å². The van der Waals surface area contributed by atoms with Crippen LogP contribution in [-0.2, 0) is 0 Å². The van der Waals surface area contributed by atoms with Gasteiger partial charge in [-0.15, -0.1) is 0 Å². The van der Waals surface area contributed by atoms with E-state index < -0.39 is 0 Å². The summed E-state index contributed by atoms with van der Waals surface area (Å²) in [7, 11) is 0. The lowest BCUT2D eigenvalue weighted by Gasteiger charge is -2.12. The van der Waals surface area contributed by atoms with Crippen LogP contribution in [0.15, 0.2) is 53.5 Å². The number of aromatic hydroxyl groups is 1. The number of rotatable bonds is 4. The third-order valence-corrected chi connectivity index (χ3v) is 2.50. The fourth-order valence-corrected chi connectivity index (χ4v) is 1.65. The Morgan fingerprint density at radius 3 is 2.47 bits per heavy atom. The Kier molecular flexibility index (Phi) is 4.18. The molecule has 0 unspecified atom stereocenters. The molecule has 0 heterocycles. The summed E-state index contributed by atoms with van der Waals surface area (Å²) in [6.07, 6.45) is 1.66. The molecule has 0 aliphatic rings. The van der Waals surface area contributed by atoms with E-state index in [9.17, 15) is 5.11 Å². The highest BCUT2D eigenvalue weighted by Crippen LogP contribution is 2.29. The lowest BCUT2D eigenvalue weighted by molar-refractivity contribution is 0.232. The van der Waals surface area contributed by atoms with E-state index in [0.717, 1.165) is 5.69 Å². The van der Waals surface area contributed by atoms with Gasteiger partial charge in [0.25, 0.3) is 0 Å². The van der Waals surface area contributed by atoms with E-state index in [2.05, 4.69) is 4.99 Å². The predicted octanol–water partition coefficient (Wildman–Crippen LogP) is 3.93. The van der Waals surface area contributed by atoms with Crippen molar-refractivity contribution in [2.75, 3.05) is 0 Å². The van der Waals surface area contributed by atoms with Crippen molar-refractivity contribution in [3.05, 3.63) is 54.1 Å². The molecule has 0 amide bonds. The summed E-state index contributed by atoms with van der Waals surface area (Å²) in [4.78, 5) is 4.32. The van der Waals surface area contributed by atoms with Gasteiger partial charge in [0.1, 0.15) is 0 Å². The Labute approximate surface area is 113 Å². The Balaban J connectivity index is 2.23. The van der Waals surface area contributed by atoms with Crippen LogP contribution in [0.25, 0.3) is 0 Å². The van der Waals surface area contributed by atoms with Gasteiger partial charge in [-0.3, -0.25) is 4.99 Å². The minimum absolute atomic E-state index is 0.0206. The number of aliphatic imine (C=N–C) groups is 1. The van der Waals surface area contributed by atoms with Crippen molar-refractivity contribution >= 4 is 11.9 Å². The van der Waals surface area contributed by atoms with Crippen molar-refractivity contribution < 1.29 is 9.84 Å². The van der Waals surface area contributed by atoms with E-state index >= 15 is 0 Å². The van der Waals surface area contributed by atoms with Crippen LogP contribution in [0.4, 0.5) is 5.69 Å². The molecule has 0 aliphatic heterocycles. The van der Waals surface area contributed by atoms with Crippen LogP contribution in [0.1, 0.15) is 19.4 Å². The smallest absolute Gasteiger partial charge is 0.166 e. The van der Waals surface area contributed by atoms with E-state index in [1.165, 1.54) is 0 Å². The maximum Gasteiger partial charge on any atom is 0.166 e. The maximum absolute atomic E-state index is 10.1. The van der Waals surface area contributed by atoms with Gasteiger partial charge in [0.05, 0.1) is 11.8 Å². The molecule has 0 radical (unpaired) electrons. The highest BCUT2D eigenvalue weighted by molar-refractivity contribution is 5.86. The zero-order chi connectivity index (χ0) is 13.7. The van der Waals surface area contributed by atoms with E-state index in [0.29, 0.717) is 11.3 Å². The zero-order valence-electron chi connectivity index (χ0n) is 11.1. The van der Waals surface area contributed by atoms with Crippen LogP contribution >= 0.6 is 0 Å². The Hall–Kier alpha value is -2.29. The van der Waals surface area contributed by atoms with Gasteiger partial charge in [0, 0.05) is 11.8 Å². The Bertz CT molecular complexity index is 562. The largest absolute Gasteiger partial charge is 0.504 e. The molecule has 0 atom stereocenters. The van der Waals surface area contributed by atoms with Gasteiger partial charge < -0.3 is 9.84 Å². The molecule has 3 nitrogen and oxygen atoms in total. The molecule has 0 aliphatic carbocycles. The normalized spacial score (nSPS) is 11.1. The lowest BCUT2D eigenvalue weighted by atomic mass is 10.2. The van der Waals surface area contributed by atoms with E-state index in [1.807, 2.05) is 50.2 Å². The minimum atomic E-state index is 0.0206. The second-order valence-electron chi connectivity index (χ2n) is 4.45. The first-order valence-electron chi connectivity index (χ1n) is 6.24. The fraction of sp³-hybridized carbons (Fsp3) is 0.188. The predicted molar refractivity (Wildman–Crippen MR) is 77.6 cm³/mol. The molecular formula is C16H17NO2. The van der Waals surface area contributed by atoms with Crippen LogP contribution in [-0.4, -0.2) is 17.4 Å². The maximum atomic E-state index is 10.1. The standard InChI is InChI=1S/C16H17NO2/c1-12(2)19-15-10-6-7-13(16(15)18)11-17-14-8-4-3-5-9-14/h3-12,18H,1-2H3. The number of nitrogens with zero attached hydrogens (tertiary/aromatic N) is 1. The van der Waals surface area contributed by atoms with Gasteiger partial charge in [-0.2, -0.15) is 0 Å². The second-order valence-corrected chi connectivity index (χ2v) is 4.45. The molecule has 98 valence electrons. The van der Waals surface area contributed by atoms with Gasteiger partial charge in [-0.05, 0) is 38.1 Å². The monoisotopic (exact) mass is 255 g/mol. The van der Waals surface area contributed by atoms with Crippen molar-refractivity contribution in [2.24, 2.45) is 4.99 Å². The third-order valence-electron chi connectivity index (χ3n) is 2.50. The molecule has 1 N–H and O–H groups in total. The number of benzene rings is 2. The van der Waals surface area contributed by atoms with Crippen molar-refractivity contribution in [3.63, 3.8) is 0 Å². The summed E-state index contributed by atoms with van der Waals surface area (Å²) in [5, 5.41) is 10.1. The molecule has 0 fully saturated rings. The molecule has 0 aromatic heterocycles. The minimum Gasteiger partial charge on any atom is -0.504 e. The molecule has 0 spiro atoms. The molecule has 2 rings (SSSR count). The third kappa shape index (κ3) is 3.58. The summed E-state index contributed by atoms with van der Waals surface area (Å²) >= 11 is 0.